The number of anilines is 1. The van der Waals surface area contributed by atoms with Crippen LogP contribution < -0.4 is 10.6 Å². The Morgan fingerprint density at radius 1 is 1.50 bits per heavy atom. The van der Waals surface area contributed by atoms with E-state index >= 15 is 0 Å². The van der Waals surface area contributed by atoms with E-state index in [1.54, 1.807) is 11.1 Å². The number of rotatable bonds is 2. The Labute approximate surface area is 127 Å². The number of hydrogen-bond acceptors (Lipinski definition) is 5. The molecule has 1 unspecified atom stereocenters. The summed E-state index contributed by atoms with van der Waals surface area (Å²) in [5.41, 5.74) is 0.104. The molecule has 7 nitrogen and oxygen atoms in total. The van der Waals surface area contributed by atoms with Crippen LogP contribution in [0, 0.1) is 0 Å². The van der Waals surface area contributed by atoms with E-state index in [0.29, 0.717) is 31.1 Å². The van der Waals surface area contributed by atoms with Crippen LogP contribution >= 0.6 is 0 Å². The zero-order chi connectivity index (χ0) is 15.7. The molecular formula is C15H17N5O2. The van der Waals surface area contributed by atoms with Crippen LogP contribution in [0.25, 0.3) is 11.0 Å². The number of nitrogens with one attached hydrogen (secondary N) is 1. The van der Waals surface area contributed by atoms with E-state index < -0.39 is 5.69 Å². The molecule has 0 aliphatic carbocycles. The van der Waals surface area contributed by atoms with E-state index in [1.807, 2.05) is 24.0 Å². The number of hydrogen-bond donors (Lipinski definition) is 1. The minimum Gasteiger partial charge on any atom is -0.350 e. The summed E-state index contributed by atoms with van der Waals surface area (Å²) in [5, 5.41) is 0.803. The van der Waals surface area contributed by atoms with Crippen LogP contribution in [0.3, 0.4) is 0 Å². The second kappa shape index (κ2) is 5.59. The Balaban J connectivity index is 1.97. The molecule has 1 aliphatic heterocycles. The molecule has 2 aromatic heterocycles. The number of amides is 1. The monoisotopic (exact) mass is 299 g/mol. The predicted molar refractivity (Wildman–Crippen MR) is 83.7 cm³/mol. The highest BCUT2D eigenvalue weighted by molar-refractivity contribution is 5.88. The third kappa shape index (κ3) is 2.45. The van der Waals surface area contributed by atoms with Gasteiger partial charge >= 0.3 is 5.69 Å². The van der Waals surface area contributed by atoms with Crippen LogP contribution in [0.2, 0.25) is 0 Å². The van der Waals surface area contributed by atoms with Crippen LogP contribution in [-0.2, 0) is 4.79 Å². The van der Waals surface area contributed by atoms with Crippen molar-refractivity contribution >= 4 is 22.8 Å². The number of pyridine rings is 1. The molecule has 0 aromatic carbocycles. The normalized spacial score (nSPS) is 18.5. The van der Waals surface area contributed by atoms with Gasteiger partial charge in [0.1, 0.15) is 11.5 Å². The summed E-state index contributed by atoms with van der Waals surface area (Å²) in [6.07, 6.45) is 2.96. The molecule has 1 atom stereocenters. The highest BCUT2D eigenvalue weighted by Crippen LogP contribution is 2.24. The summed E-state index contributed by atoms with van der Waals surface area (Å²) in [6, 6.07) is 3.75. The topological polar surface area (TPSA) is 82.2 Å². The van der Waals surface area contributed by atoms with E-state index in [-0.39, 0.29) is 11.9 Å². The van der Waals surface area contributed by atoms with Gasteiger partial charge in [0, 0.05) is 31.9 Å². The standard InChI is InChI=1S/C15H17N5O2/c1-3-12(21)19-7-8-20(10(2)9-19)14-11-5-4-6-16-13(11)17-15(22)18-14/h3-6,10H,1,7-9H2,2H3,(H,16,17,18,22). The van der Waals surface area contributed by atoms with Crippen molar-refractivity contribution in [3.63, 3.8) is 0 Å². The van der Waals surface area contributed by atoms with Crippen molar-refractivity contribution < 1.29 is 4.79 Å². The predicted octanol–water partition coefficient (Wildman–Crippen LogP) is 0.541. The summed E-state index contributed by atoms with van der Waals surface area (Å²) in [4.78, 5) is 38.2. The maximum atomic E-state index is 11.8. The first-order valence-corrected chi connectivity index (χ1v) is 7.13. The molecule has 3 heterocycles. The molecule has 114 valence electrons. The van der Waals surface area contributed by atoms with Crippen molar-refractivity contribution in [1.29, 1.82) is 0 Å². The largest absolute Gasteiger partial charge is 0.350 e. The van der Waals surface area contributed by atoms with Crippen LogP contribution in [0.5, 0.6) is 0 Å². The molecule has 7 heteroatoms. The number of aromatic nitrogens is 3. The molecule has 2 aromatic rings. The van der Waals surface area contributed by atoms with E-state index in [1.165, 1.54) is 6.08 Å². The van der Waals surface area contributed by atoms with Gasteiger partial charge in [-0.15, -0.1) is 0 Å². The highest BCUT2D eigenvalue weighted by Gasteiger charge is 2.27. The minimum atomic E-state index is -0.419. The molecule has 1 amide bonds. The third-order valence-electron chi connectivity index (χ3n) is 3.87. The number of carbonyl (C=O) groups is 1. The number of nitrogens with zero attached hydrogens (tertiary/aromatic N) is 4. The lowest BCUT2D eigenvalue weighted by Crippen LogP contribution is -2.54. The Hall–Kier alpha value is -2.70. The smallest absolute Gasteiger partial charge is 0.348 e. The van der Waals surface area contributed by atoms with E-state index in [0.717, 1.165) is 5.39 Å². The van der Waals surface area contributed by atoms with Gasteiger partial charge < -0.3 is 9.80 Å². The average Bonchev–Trinajstić information content (AvgIpc) is 2.53. The Morgan fingerprint density at radius 3 is 3.05 bits per heavy atom. The second-order valence-corrected chi connectivity index (χ2v) is 5.30. The van der Waals surface area contributed by atoms with Crippen LogP contribution in [0.15, 0.2) is 35.8 Å². The fourth-order valence-corrected chi connectivity index (χ4v) is 2.79. The van der Waals surface area contributed by atoms with Gasteiger partial charge in [0.15, 0.2) is 0 Å². The lowest BCUT2D eigenvalue weighted by molar-refractivity contribution is -0.126. The van der Waals surface area contributed by atoms with Gasteiger partial charge in [-0.2, -0.15) is 4.98 Å². The lowest BCUT2D eigenvalue weighted by atomic mass is 10.1. The molecular weight excluding hydrogens is 282 g/mol. The summed E-state index contributed by atoms with van der Waals surface area (Å²) in [7, 11) is 0. The van der Waals surface area contributed by atoms with Gasteiger partial charge in [0.25, 0.3) is 0 Å². The first-order chi connectivity index (χ1) is 10.6. The summed E-state index contributed by atoms with van der Waals surface area (Å²) in [6.45, 7) is 7.28. The summed E-state index contributed by atoms with van der Waals surface area (Å²) in [5.74, 6) is 0.543. The highest BCUT2D eigenvalue weighted by atomic mass is 16.2. The fraction of sp³-hybridized carbons (Fsp3) is 0.333. The Kier molecular flexibility index (Phi) is 3.62. The lowest BCUT2D eigenvalue weighted by Gasteiger charge is -2.40. The molecule has 1 saturated heterocycles. The van der Waals surface area contributed by atoms with E-state index in [2.05, 4.69) is 21.5 Å². The minimum absolute atomic E-state index is 0.0513. The van der Waals surface area contributed by atoms with Gasteiger partial charge in [-0.25, -0.2) is 9.78 Å². The number of aromatic amines is 1. The summed E-state index contributed by atoms with van der Waals surface area (Å²) >= 11 is 0. The van der Waals surface area contributed by atoms with Crippen LogP contribution in [-0.4, -0.2) is 51.4 Å². The van der Waals surface area contributed by atoms with Crippen molar-refractivity contribution in [3.8, 4) is 0 Å². The maximum Gasteiger partial charge on any atom is 0.348 e. The molecule has 1 fully saturated rings. The first-order valence-electron chi connectivity index (χ1n) is 7.13. The van der Waals surface area contributed by atoms with Gasteiger partial charge in [-0.05, 0) is 25.1 Å². The van der Waals surface area contributed by atoms with Gasteiger partial charge in [0.05, 0.1) is 5.39 Å². The molecule has 3 rings (SSSR count). The van der Waals surface area contributed by atoms with Crippen LogP contribution in [0.1, 0.15) is 6.92 Å². The number of H-pyrrole nitrogens is 1. The second-order valence-electron chi connectivity index (χ2n) is 5.30. The van der Waals surface area contributed by atoms with Crippen molar-refractivity contribution in [2.75, 3.05) is 24.5 Å². The van der Waals surface area contributed by atoms with Gasteiger partial charge in [0.2, 0.25) is 5.91 Å². The summed E-state index contributed by atoms with van der Waals surface area (Å²) < 4.78 is 0. The number of carbonyl (C=O) groups excluding carboxylic acids is 1. The molecule has 0 spiro atoms. The molecule has 22 heavy (non-hydrogen) atoms. The molecule has 1 aliphatic rings. The van der Waals surface area contributed by atoms with Gasteiger partial charge in [-0.1, -0.05) is 6.58 Å². The van der Waals surface area contributed by atoms with E-state index in [9.17, 15) is 9.59 Å². The Morgan fingerprint density at radius 2 is 2.32 bits per heavy atom. The van der Waals surface area contributed by atoms with Crippen molar-refractivity contribution in [1.82, 2.24) is 19.9 Å². The number of fused-ring (bicyclic) bond motifs is 1. The Bertz CT molecular complexity index is 785. The zero-order valence-electron chi connectivity index (χ0n) is 12.3. The quantitative estimate of drug-likeness (QED) is 0.819. The molecule has 0 saturated carbocycles. The van der Waals surface area contributed by atoms with Gasteiger partial charge in [-0.3, -0.25) is 9.78 Å². The average molecular weight is 299 g/mol. The van der Waals surface area contributed by atoms with Crippen molar-refractivity contribution in [2.24, 2.45) is 0 Å². The SMILES string of the molecule is C=CC(=O)N1CCN(c2nc(=O)[nH]c3ncccc23)C(C)C1. The van der Waals surface area contributed by atoms with E-state index in [4.69, 9.17) is 0 Å². The zero-order valence-corrected chi connectivity index (χ0v) is 12.3. The van der Waals surface area contributed by atoms with Crippen molar-refractivity contribution in [3.05, 3.63) is 41.5 Å². The molecule has 0 bridgehead atoms. The van der Waals surface area contributed by atoms with Crippen LogP contribution in [0.4, 0.5) is 5.82 Å². The first kappa shape index (κ1) is 14.2. The maximum absolute atomic E-state index is 11.8. The third-order valence-corrected chi connectivity index (χ3v) is 3.87. The molecule has 0 radical (unpaired) electrons. The fourth-order valence-electron chi connectivity index (χ4n) is 2.79. The molecule has 1 N–H and O–H groups in total. The van der Waals surface area contributed by atoms with Crippen molar-refractivity contribution in [2.45, 2.75) is 13.0 Å². The number of piperazine rings is 1.